The number of hydrogen-bond acceptors (Lipinski definition) is 4. The van der Waals surface area contributed by atoms with Gasteiger partial charge in [0.15, 0.2) is 5.78 Å². The molecule has 0 amide bonds. The van der Waals surface area contributed by atoms with Gasteiger partial charge in [-0.05, 0) is 17.7 Å². The highest BCUT2D eigenvalue weighted by molar-refractivity contribution is 6.12. The summed E-state index contributed by atoms with van der Waals surface area (Å²) in [6.07, 6.45) is 0. The van der Waals surface area contributed by atoms with E-state index in [0.717, 1.165) is 11.1 Å². The van der Waals surface area contributed by atoms with E-state index in [1.54, 1.807) is 18.2 Å². The predicted octanol–water partition coefficient (Wildman–Crippen LogP) is 2.29. The molecule has 1 aliphatic heterocycles. The van der Waals surface area contributed by atoms with Crippen molar-refractivity contribution in [3.05, 3.63) is 64.7 Å². The molecule has 0 saturated carbocycles. The van der Waals surface area contributed by atoms with E-state index < -0.39 is 0 Å². The quantitative estimate of drug-likeness (QED) is 0.808. The Balaban J connectivity index is 2.07. The van der Waals surface area contributed by atoms with Crippen molar-refractivity contribution in [3.63, 3.8) is 0 Å². The second kappa shape index (κ2) is 4.84. The Bertz CT molecular complexity index is 637. The van der Waals surface area contributed by atoms with Crippen LogP contribution in [-0.4, -0.2) is 11.0 Å². The second-order valence-corrected chi connectivity index (χ2v) is 4.44. The monoisotopic (exact) mass is 255 g/mol. The number of ketones is 1. The summed E-state index contributed by atoms with van der Waals surface area (Å²) in [4.78, 5) is 12.5. The maximum atomic E-state index is 12.5. The number of hydroxylamine groups is 1. The molecule has 0 atom stereocenters. The molecule has 0 radical (unpaired) electrons. The summed E-state index contributed by atoms with van der Waals surface area (Å²) < 4.78 is 5.70. The van der Waals surface area contributed by atoms with Crippen molar-refractivity contribution >= 4 is 5.78 Å². The predicted molar refractivity (Wildman–Crippen MR) is 69.3 cm³/mol. The summed E-state index contributed by atoms with van der Waals surface area (Å²) in [6.45, 7) is 0.697. The Morgan fingerprint density at radius 2 is 2.00 bits per heavy atom. The van der Waals surface area contributed by atoms with Gasteiger partial charge in [-0.2, -0.15) is 0 Å². The molecule has 2 aromatic rings. The van der Waals surface area contributed by atoms with Crippen LogP contribution in [0.3, 0.4) is 0 Å². The van der Waals surface area contributed by atoms with Crippen molar-refractivity contribution in [2.75, 3.05) is 0 Å². The summed E-state index contributed by atoms with van der Waals surface area (Å²) >= 11 is 0. The van der Waals surface area contributed by atoms with Gasteiger partial charge in [0.05, 0.1) is 5.56 Å². The smallest absolute Gasteiger partial charge is 0.197 e. The van der Waals surface area contributed by atoms with Gasteiger partial charge in [0, 0.05) is 17.7 Å². The van der Waals surface area contributed by atoms with E-state index in [1.807, 2.05) is 24.3 Å². The molecule has 19 heavy (non-hydrogen) atoms. The largest absolute Gasteiger partial charge is 0.488 e. The average molecular weight is 255 g/mol. The summed E-state index contributed by atoms with van der Waals surface area (Å²) in [5.74, 6) is 0.542. The number of hydrogen-bond donors (Lipinski definition) is 2. The van der Waals surface area contributed by atoms with E-state index in [9.17, 15) is 4.79 Å². The molecule has 2 aromatic carbocycles. The van der Waals surface area contributed by atoms with Crippen LogP contribution in [0.2, 0.25) is 0 Å². The topological polar surface area (TPSA) is 58.6 Å². The second-order valence-electron chi connectivity index (χ2n) is 4.44. The Kier molecular flexibility index (Phi) is 3.03. The van der Waals surface area contributed by atoms with Crippen LogP contribution >= 0.6 is 0 Å². The average Bonchev–Trinajstić information content (AvgIpc) is 2.58. The molecule has 2 N–H and O–H groups in total. The first-order chi connectivity index (χ1) is 9.29. The standard InChI is InChI=1S/C15H13NO3/c17-15-12-4-2-1-3-11(12)9-19-14-7-10(8-16-18)5-6-13(14)15/h1-7,16,18H,8-9H2. The van der Waals surface area contributed by atoms with Crippen LogP contribution < -0.4 is 10.2 Å². The van der Waals surface area contributed by atoms with E-state index in [0.29, 0.717) is 30.0 Å². The van der Waals surface area contributed by atoms with Crippen molar-refractivity contribution in [1.82, 2.24) is 5.48 Å². The van der Waals surface area contributed by atoms with Gasteiger partial charge in [0.1, 0.15) is 12.4 Å². The minimum atomic E-state index is -0.0217. The lowest BCUT2D eigenvalue weighted by atomic mass is 9.98. The van der Waals surface area contributed by atoms with E-state index in [1.165, 1.54) is 0 Å². The summed E-state index contributed by atoms with van der Waals surface area (Å²) in [5, 5.41) is 8.72. The normalized spacial score (nSPS) is 13.2. The van der Waals surface area contributed by atoms with Gasteiger partial charge in [-0.15, -0.1) is 0 Å². The van der Waals surface area contributed by atoms with Gasteiger partial charge < -0.3 is 9.94 Å². The molecule has 0 spiro atoms. The van der Waals surface area contributed by atoms with Crippen LogP contribution in [0.25, 0.3) is 0 Å². The van der Waals surface area contributed by atoms with Crippen molar-refractivity contribution in [1.29, 1.82) is 0 Å². The molecule has 0 unspecified atom stereocenters. The number of benzene rings is 2. The van der Waals surface area contributed by atoms with E-state index in [-0.39, 0.29) is 5.78 Å². The first-order valence-electron chi connectivity index (χ1n) is 6.05. The number of carbonyl (C=O) groups is 1. The van der Waals surface area contributed by atoms with E-state index in [4.69, 9.17) is 9.94 Å². The van der Waals surface area contributed by atoms with Gasteiger partial charge in [-0.3, -0.25) is 4.79 Å². The zero-order valence-corrected chi connectivity index (χ0v) is 10.2. The fourth-order valence-corrected chi connectivity index (χ4v) is 2.24. The Morgan fingerprint density at radius 1 is 1.16 bits per heavy atom. The maximum Gasteiger partial charge on any atom is 0.197 e. The van der Waals surface area contributed by atoms with Gasteiger partial charge in [0.2, 0.25) is 0 Å². The molecule has 4 heteroatoms. The molecule has 4 nitrogen and oxygen atoms in total. The molecule has 1 aliphatic rings. The van der Waals surface area contributed by atoms with Crippen LogP contribution in [0.15, 0.2) is 42.5 Å². The van der Waals surface area contributed by atoms with Crippen molar-refractivity contribution in [2.24, 2.45) is 0 Å². The van der Waals surface area contributed by atoms with Crippen molar-refractivity contribution in [3.8, 4) is 5.75 Å². The van der Waals surface area contributed by atoms with Gasteiger partial charge in [0.25, 0.3) is 0 Å². The molecular weight excluding hydrogens is 242 g/mol. The van der Waals surface area contributed by atoms with Crippen LogP contribution in [-0.2, 0) is 13.2 Å². The summed E-state index contributed by atoms with van der Waals surface area (Å²) in [7, 11) is 0. The molecule has 0 bridgehead atoms. The number of rotatable bonds is 2. The molecule has 3 rings (SSSR count). The lowest BCUT2D eigenvalue weighted by Gasteiger charge is -2.08. The number of fused-ring (bicyclic) bond motifs is 2. The highest BCUT2D eigenvalue weighted by Gasteiger charge is 2.21. The van der Waals surface area contributed by atoms with E-state index in [2.05, 4.69) is 5.48 Å². The van der Waals surface area contributed by atoms with Crippen LogP contribution in [0.4, 0.5) is 0 Å². The zero-order valence-electron chi connectivity index (χ0n) is 10.2. The first-order valence-corrected chi connectivity index (χ1v) is 6.05. The number of nitrogens with one attached hydrogen (secondary N) is 1. The highest BCUT2D eigenvalue weighted by atomic mass is 16.5. The zero-order chi connectivity index (χ0) is 13.2. The Labute approximate surface area is 110 Å². The highest BCUT2D eigenvalue weighted by Crippen LogP contribution is 2.29. The lowest BCUT2D eigenvalue weighted by molar-refractivity contribution is 0.103. The fraction of sp³-hybridized carbons (Fsp3) is 0.133. The Morgan fingerprint density at radius 3 is 2.84 bits per heavy atom. The van der Waals surface area contributed by atoms with Crippen LogP contribution in [0.5, 0.6) is 5.75 Å². The molecule has 0 saturated heterocycles. The molecule has 96 valence electrons. The van der Waals surface area contributed by atoms with Crippen molar-refractivity contribution < 1.29 is 14.7 Å². The third-order valence-corrected chi connectivity index (χ3v) is 3.22. The summed E-state index contributed by atoms with van der Waals surface area (Å²) in [6, 6.07) is 12.8. The molecule has 0 aliphatic carbocycles. The SMILES string of the molecule is O=C1c2ccccc2COc2cc(CNO)ccc21. The van der Waals surface area contributed by atoms with Gasteiger partial charge >= 0.3 is 0 Å². The summed E-state index contributed by atoms with van der Waals surface area (Å²) in [5.41, 5.74) is 5.10. The molecular formula is C15H13NO3. The number of carbonyl (C=O) groups excluding carboxylic acids is 1. The maximum absolute atomic E-state index is 12.5. The molecule has 0 aromatic heterocycles. The Hall–Kier alpha value is -2.17. The number of ether oxygens (including phenoxy) is 1. The minimum Gasteiger partial charge on any atom is -0.488 e. The van der Waals surface area contributed by atoms with Gasteiger partial charge in [-0.25, -0.2) is 5.48 Å². The van der Waals surface area contributed by atoms with Gasteiger partial charge in [-0.1, -0.05) is 30.3 Å². The van der Waals surface area contributed by atoms with Crippen LogP contribution in [0.1, 0.15) is 27.0 Å². The third-order valence-electron chi connectivity index (χ3n) is 3.22. The first kappa shape index (κ1) is 11.9. The molecule has 0 fully saturated rings. The minimum absolute atomic E-state index is 0.0217. The fourth-order valence-electron chi connectivity index (χ4n) is 2.24. The lowest BCUT2D eigenvalue weighted by Crippen LogP contribution is -2.07. The van der Waals surface area contributed by atoms with E-state index >= 15 is 0 Å². The van der Waals surface area contributed by atoms with Crippen molar-refractivity contribution in [2.45, 2.75) is 13.2 Å². The van der Waals surface area contributed by atoms with Crippen LogP contribution in [0, 0.1) is 0 Å². The third kappa shape index (κ3) is 2.12. The molecule has 1 heterocycles.